The molecule has 0 rings (SSSR count). The number of hydrogen-bond donors (Lipinski definition) is 2. The van der Waals surface area contributed by atoms with Gasteiger partial charge in [0.15, 0.2) is 0 Å². The second-order valence-corrected chi connectivity index (χ2v) is 3.30. The molecule has 5 nitrogen and oxygen atoms in total. The summed E-state index contributed by atoms with van der Waals surface area (Å²) in [4.78, 5) is 21.7. The SMILES string of the molecule is C=C(C)OC(=O)NC(C(=O)O)C(C)C. The highest BCUT2D eigenvalue weighted by Crippen LogP contribution is 2.02. The maximum absolute atomic E-state index is 11.0. The Morgan fingerprint density at radius 1 is 1.43 bits per heavy atom. The highest BCUT2D eigenvalue weighted by atomic mass is 16.6. The molecule has 0 saturated heterocycles. The van der Waals surface area contributed by atoms with Crippen molar-refractivity contribution < 1.29 is 19.4 Å². The van der Waals surface area contributed by atoms with E-state index in [4.69, 9.17) is 5.11 Å². The molecule has 5 heteroatoms. The van der Waals surface area contributed by atoms with Crippen LogP contribution in [0.2, 0.25) is 0 Å². The number of carbonyl (C=O) groups excluding carboxylic acids is 1. The first-order valence-corrected chi connectivity index (χ1v) is 4.21. The minimum atomic E-state index is -1.08. The van der Waals surface area contributed by atoms with E-state index in [0.29, 0.717) is 0 Å². The van der Waals surface area contributed by atoms with Crippen LogP contribution in [0.15, 0.2) is 12.3 Å². The van der Waals surface area contributed by atoms with E-state index >= 15 is 0 Å². The highest BCUT2D eigenvalue weighted by Gasteiger charge is 2.23. The first kappa shape index (κ1) is 12.5. The maximum atomic E-state index is 11.0. The fraction of sp³-hybridized carbons (Fsp3) is 0.556. The van der Waals surface area contributed by atoms with E-state index in [9.17, 15) is 9.59 Å². The number of aliphatic carboxylic acids is 1. The van der Waals surface area contributed by atoms with Crippen LogP contribution in [0.25, 0.3) is 0 Å². The Balaban J connectivity index is 4.24. The standard InChI is InChI=1S/C9H15NO4/c1-5(2)7(8(11)12)10-9(13)14-6(3)4/h5,7H,3H2,1-2,4H3,(H,10,13)(H,11,12). The molecule has 0 heterocycles. The van der Waals surface area contributed by atoms with E-state index in [1.54, 1.807) is 13.8 Å². The molecular formula is C9H15NO4. The number of carbonyl (C=O) groups is 2. The predicted molar refractivity (Wildman–Crippen MR) is 50.7 cm³/mol. The van der Waals surface area contributed by atoms with Crippen molar-refractivity contribution in [2.24, 2.45) is 5.92 Å². The third kappa shape index (κ3) is 4.49. The molecule has 1 amide bonds. The quantitative estimate of drug-likeness (QED) is 0.673. The zero-order valence-electron chi connectivity index (χ0n) is 8.53. The molecule has 0 saturated carbocycles. The molecule has 1 atom stereocenters. The van der Waals surface area contributed by atoms with E-state index in [2.05, 4.69) is 16.6 Å². The molecule has 0 bridgehead atoms. The lowest BCUT2D eigenvalue weighted by molar-refractivity contribution is -0.140. The number of ether oxygens (including phenoxy) is 1. The molecule has 0 radical (unpaired) electrons. The van der Waals surface area contributed by atoms with Crippen LogP contribution < -0.4 is 5.32 Å². The number of rotatable bonds is 4. The number of allylic oxidation sites excluding steroid dienone is 1. The number of carboxylic acid groups (broad SMARTS) is 1. The van der Waals surface area contributed by atoms with Crippen LogP contribution in [0.5, 0.6) is 0 Å². The van der Waals surface area contributed by atoms with Gasteiger partial charge in [0, 0.05) is 0 Å². The first-order valence-electron chi connectivity index (χ1n) is 4.21. The molecule has 0 aromatic heterocycles. The monoisotopic (exact) mass is 201 g/mol. The van der Waals surface area contributed by atoms with Crippen molar-refractivity contribution in [3.63, 3.8) is 0 Å². The number of hydrogen-bond acceptors (Lipinski definition) is 3. The van der Waals surface area contributed by atoms with Crippen LogP contribution in [0.3, 0.4) is 0 Å². The zero-order chi connectivity index (χ0) is 11.3. The third-order valence-electron chi connectivity index (χ3n) is 1.47. The van der Waals surface area contributed by atoms with Crippen LogP contribution in [0, 0.1) is 5.92 Å². The van der Waals surface area contributed by atoms with Crippen molar-refractivity contribution in [1.82, 2.24) is 5.32 Å². The van der Waals surface area contributed by atoms with Gasteiger partial charge in [0.05, 0.1) is 5.76 Å². The molecule has 0 aromatic carbocycles. The zero-order valence-corrected chi connectivity index (χ0v) is 8.53. The summed E-state index contributed by atoms with van der Waals surface area (Å²) in [6.07, 6.45) is -0.793. The normalized spacial score (nSPS) is 12.0. The Morgan fingerprint density at radius 3 is 2.21 bits per heavy atom. The topological polar surface area (TPSA) is 75.6 Å². The molecule has 0 aliphatic heterocycles. The van der Waals surface area contributed by atoms with Gasteiger partial charge in [-0.3, -0.25) is 0 Å². The van der Waals surface area contributed by atoms with Crippen molar-refractivity contribution in [3.05, 3.63) is 12.3 Å². The first-order chi connectivity index (χ1) is 6.34. The van der Waals surface area contributed by atoms with E-state index in [-0.39, 0.29) is 11.7 Å². The molecule has 1 unspecified atom stereocenters. The number of amides is 1. The van der Waals surface area contributed by atoms with Gasteiger partial charge in [-0.2, -0.15) is 0 Å². The number of carboxylic acids is 1. The van der Waals surface area contributed by atoms with Gasteiger partial charge in [0.1, 0.15) is 6.04 Å². The molecule has 80 valence electrons. The van der Waals surface area contributed by atoms with Crippen molar-refractivity contribution in [2.75, 3.05) is 0 Å². The second kappa shape index (κ2) is 5.26. The second-order valence-electron chi connectivity index (χ2n) is 3.30. The van der Waals surface area contributed by atoms with E-state index in [0.717, 1.165) is 0 Å². The molecule has 0 spiro atoms. The van der Waals surface area contributed by atoms with Crippen molar-refractivity contribution in [1.29, 1.82) is 0 Å². The predicted octanol–water partition coefficient (Wildman–Crippen LogP) is 1.36. The minimum Gasteiger partial charge on any atom is -0.480 e. The summed E-state index contributed by atoms with van der Waals surface area (Å²) in [7, 11) is 0. The Morgan fingerprint density at radius 2 is 1.93 bits per heavy atom. The minimum absolute atomic E-state index is 0.204. The van der Waals surface area contributed by atoms with Crippen LogP contribution in [-0.2, 0) is 9.53 Å². The number of alkyl carbamates (subject to hydrolysis) is 1. The molecule has 0 fully saturated rings. The average Bonchev–Trinajstić information content (AvgIpc) is 1.97. The van der Waals surface area contributed by atoms with Gasteiger partial charge in [-0.25, -0.2) is 9.59 Å². The van der Waals surface area contributed by atoms with Gasteiger partial charge in [-0.05, 0) is 12.8 Å². The van der Waals surface area contributed by atoms with Gasteiger partial charge in [-0.15, -0.1) is 0 Å². The third-order valence-corrected chi connectivity index (χ3v) is 1.47. The molecular weight excluding hydrogens is 186 g/mol. The van der Waals surface area contributed by atoms with Crippen molar-refractivity contribution in [3.8, 4) is 0 Å². The molecule has 14 heavy (non-hydrogen) atoms. The van der Waals surface area contributed by atoms with Gasteiger partial charge < -0.3 is 15.2 Å². The van der Waals surface area contributed by atoms with Crippen molar-refractivity contribution in [2.45, 2.75) is 26.8 Å². The summed E-state index contributed by atoms with van der Waals surface area (Å²) >= 11 is 0. The van der Waals surface area contributed by atoms with Crippen LogP contribution in [0.4, 0.5) is 4.79 Å². The molecule has 2 N–H and O–H groups in total. The van der Waals surface area contributed by atoms with E-state index in [1.165, 1.54) is 6.92 Å². The van der Waals surface area contributed by atoms with Gasteiger partial charge >= 0.3 is 12.1 Å². The van der Waals surface area contributed by atoms with E-state index < -0.39 is 18.1 Å². The van der Waals surface area contributed by atoms with Crippen LogP contribution in [-0.4, -0.2) is 23.2 Å². The van der Waals surface area contributed by atoms with Gasteiger partial charge in [-0.1, -0.05) is 20.4 Å². The fourth-order valence-electron chi connectivity index (χ4n) is 0.828. The molecule has 0 aliphatic carbocycles. The van der Waals surface area contributed by atoms with Crippen molar-refractivity contribution >= 4 is 12.1 Å². The summed E-state index contributed by atoms with van der Waals surface area (Å²) in [5, 5.41) is 11.0. The lowest BCUT2D eigenvalue weighted by atomic mass is 10.1. The van der Waals surface area contributed by atoms with Gasteiger partial charge in [0.25, 0.3) is 0 Å². The van der Waals surface area contributed by atoms with Gasteiger partial charge in [0.2, 0.25) is 0 Å². The Labute approximate surface area is 82.7 Å². The maximum Gasteiger partial charge on any atom is 0.412 e. The fourth-order valence-corrected chi connectivity index (χ4v) is 0.828. The lowest BCUT2D eigenvalue weighted by Gasteiger charge is -2.17. The Hall–Kier alpha value is -1.52. The molecule has 0 aliphatic rings. The van der Waals surface area contributed by atoms with Crippen LogP contribution >= 0.6 is 0 Å². The van der Waals surface area contributed by atoms with E-state index in [1.807, 2.05) is 0 Å². The summed E-state index contributed by atoms with van der Waals surface area (Å²) in [5.41, 5.74) is 0. The molecule has 0 aromatic rings. The number of nitrogens with one attached hydrogen (secondary N) is 1. The largest absolute Gasteiger partial charge is 0.480 e. The Kier molecular flexibility index (Phi) is 4.69. The smallest absolute Gasteiger partial charge is 0.412 e. The summed E-state index contributed by atoms with van der Waals surface area (Å²) in [6, 6.07) is -0.943. The Bertz CT molecular complexity index is 247. The summed E-state index contributed by atoms with van der Waals surface area (Å²) in [6.45, 7) is 8.25. The summed E-state index contributed by atoms with van der Waals surface area (Å²) < 4.78 is 4.57. The highest BCUT2D eigenvalue weighted by molar-refractivity contribution is 5.80. The average molecular weight is 201 g/mol. The van der Waals surface area contributed by atoms with Crippen LogP contribution in [0.1, 0.15) is 20.8 Å². The summed E-state index contributed by atoms with van der Waals surface area (Å²) in [5.74, 6) is -1.07. The lowest BCUT2D eigenvalue weighted by Crippen LogP contribution is -2.44.